The highest BCUT2D eigenvalue weighted by molar-refractivity contribution is 6.05. The van der Waals surface area contributed by atoms with Crippen LogP contribution in [0.4, 0.5) is 18.9 Å². The van der Waals surface area contributed by atoms with Crippen molar-refractivity contribution in [2.24, 2.45) is 5.73 Å². The molecule has 1 amide bonds. The average Bonchev–Trinajstić information content (AvgIpc) is 3.05. The standard InChI is InChI=1S/C17H13F3N2O3/c18-17(19,20)10-3-1-9(2-4-10)15-14(21)16(23)22(15)11-5-6-12-13(7-11)25-8-24-12/h1-7,14-15H,8,21H2. The molecule has 0 aromatic heterocycles. The maximum Gasteiger partial charge on any atom is 0.416 e. The maximum absolute atomic E-state index is 12.7. The van der Waals surface area contributed by atoms with Gasteiger partial charge in [-0.05, 0) is 29.8 Å². The van der Waals surface area contributed by atoms with Crippen LogP contribution in [0.3, 0.4) is 0 Å². The Morgan fingerprint density at radius 1 is 1.04 bits per heavy atom. The normalized spacial score (nSPS) is 22.1. The van der Waals surface area contributed by atoms with Crippen molar-refractivity contribution < 1.29 is 27.4 Å². The Labute approximate surface area is 140 Å². The molecule has 4 rings (SSSR count). The van der Waals surface area contributed by atoms with Gasteiger partial charge in [-0.2, -0.15) is 13.2 Å². The van der Waals surface area contributed by atoms with Gasteiger partial charge in [0.05, 0.1) is 11.6 Å². The van der Waals surface area contributed by atoms with Gasteiger partial charge in [-0.1, -0.05) is 12.1 Å². The Hall–Kier alpha value is -2.74. The number of carbonyl (C=O) groups is 1. The SMILES string of the molecule is NC1C(=O)N(c2ccc3c(c2)OCO3)C1c1ccc(C(F)(F)F)cc1. The minimum atomic E-state index is -4.41. The van der Waals surface area contributed by atoms with E-state index in [1.807, 2.05) is 0 Å². The maximum atomic E-state index is 12.7. The van der Waals surface area contributed by atoms with Crippen LogP contribution in [0, 0.1) is 0 Å². The van der Waals surface area contributed by atoms with Gasteiger partial charge < -0.3 is 20.1 Å². The number of carbonyl (C=O) groups excluding carboxylic acids is 1. The summed E-state index contributed by atoms with van der Waals surface area (Å²) in [5.41, 5.74) is 6.24. The molecule has 2 N–H and O–H groups in total. The van der Waals surface area contributed by atoms with Crippen molar-refractivity contribution in [2.75, 3.05) is 11.7 Å². The van der Waals surface area contributed by atoms with Crippen molar-refractivity contribution in [3.8, 4) is 11.5 Å². The first kappa shape index (κ1) is 15.8. The predicted octanol–water partition coefficient (Wildman–Crippen LogP) is 2.85. The highest BCUT2D eigenvalue weighted by Crippen LogP contribution is 2.43. The minimum Gasteiger partial charge on any atom is -0.454 e. The van der Waals surface area contributed by atoms with Gasteiger partial charge in [0.2, 0.25) is 12.7 Å². The summed E-state index contributed by atoms with van der Waals surface area (Å²) in [6, 6.07) is 8.36. The lowest BCUT2D eigenvalue weighted by Crippen LogP contribution is -2.63. The molecule has 0 saturated carbocycles. The van der Waals surface area contributed by atoms with Gasteiger partial charge in [0.25, 0.3) is 0 Å². The van der Waals surface area contributed by atoms with Crippen LogP contribution in [0.2, 0.25) is 0 Å². The molecule has 0 spiro atoms. The monoisotopic (exact) mass is 350 g/mol. The number of ether oxygens (including phenoxy) is 2. The number of anilines is 1. The molecular formula is C17H13F3N2O3. The first-order valence-electron chi connectivity index (χ1n) is 7.52. The number of nitrogens with two attached hydrogens (primary N) is 1. The lowest BCUT2D eigenvalue weighted by atomic mass is 9.88. The zero-order valence-corrected chi connectivity index (χ0v) is 12.8. The number of rotatable bonds is 2. The molecule has 2 heterocycles. The van der Waals surface area contributed by atoms with Crippen LogP contribution in [0.15, 0.2) is 42.5 Å². The van der Waals surface area contributed by atoms with E-state index in [4.69, 9.17) is 15.2 Å². The number of benzene rings is 2. The Morgan fingerprint density at radius 3 is 2.40 bits per heavy atom. The summed E-state index contributed by atoms with van der Waals surface area (Å²) in [6.45, 7) is 0.106. The fraction of sp³-hybridized carbons (Fsp3) is 0.235. The van der Waals surface area contributed by atoms with Crippen LogP contribution in [0.1, 0.15) is 17.2 Å². The molecular weight excluding hydrogens is 337 g/mol. The third-order valence-corrected chi connectivity index (χ3v) is 4.35. The summed E-state index contributed by atoms with van der Waals surface area (Å²) >= 11 is 0. The van der Waals surface area contributed by atoms with E-state index in [0.717, 1.165) is 12.1 Å². The van der Waals surface area contributed by atoms with Gasteiger partial charge in [-0.15, -0.1) is 0 Å². The third-order valence-electron chi connectivity index (χ3n) is 4.35. The van der Waals surface area contributed by atoms with Crippen molar-refractivity contribution in [3.63, 3.8) is 0 Å². The fourth-order valence-electron chi connectivity index (χ4n) is 3.06. The van der Waals surface area contributed by atoms with Crippen LogP contribution in [0.25, 0.3) is 0 Å². The summed E-state index contributed by atoms with van der Waals surface area (Å²) in [5, 5.41) is 0. The smallest absolute Gasteiger partial charge is 0.416 e. The van der Waals surface area contributed by atoms with E-state index >= 15 is 0 Å². The molecule has 0 bridgehead atoms. The van der Waals surface area contributed by atoms with Crippen molar-refractivity contribution in [1.29, 1.82) is 0 Å². The number of hydrogen-bond acceptors (Lipinski definition) is 4. The van der Waals surface area contributed by atoms with Gasteiger partial charge in [-0.25, -0.2) is 0 Å². The van der Waals surface area contributed by atoms with E-state index in [0.29, 0.717) is 22.7 Å². The van der Waals surface area contributed by atoms with Crippen molar-refractivity contribution in [2.45, 2.75) is 18.3 Å². The largest absolute Gasteiger partial charge is 0.454 e. The van der Waals surface area contributed by atoms with Crippen LogP contribution in [0.5, 0.6) is 11.5 Å². The molecule has 1 fully saturated rings. The number of hydrogen-bond donors (Lipinski definition) is 1. The lowest BCUT2D eigenvalue weighted by molar-refractivity contribution is -0.137. The Morgan fingerprint density at radius 2 is 1.72 bits per heavy atom. The lowest BCUT2D eigenvalue weighted by Gasteiger charge is -2.45. The minimum absolute atomic E-state index is 0.106. The Balaban J connectivity index is 1.65. The topological polar surface area (TPSA) is 64.8 Å². The number of halogens is 3. The molecule has 2 aromatic rings. The van der Waals surface area contributed by atoms with Crippen LogP contribution in [-0.2, 0) is 11.0 Å². The first-order chi connectivity index (χ1) is 11.9. The van der Waals surface area contributed by atoms with E-state index in [2.05, 4.69) is 0 Å². The Bertz CT molecular complexity index is 836. The third kappa shape index (κ3) is 2.49. The molecule has 130 valence electrons. The number of fused-ring (bicyclic) bond motifs is 1. The van der Waals surface area contributed by atoms with E-state index in [1.54, 1.807) is 18.2 Å². The number of nitrogens with zero attached hydrogens (tertiary/aromatic N) is 1. The molecule has 2 aromatic carbocycles. The van der Waals surface area contributed by atoms with E-state index in [1.165, 1.54) is 17.0 Å². The molecule has 5 nitrogen and oxygen atoms in total. The van der Waals surface area contributed by atoms with E-state index in [-0.39, 0.29) is 12.7 Å². The quantitative estimate of drug-likeness (QED) is 0.846. The second-order valence-corrected chi connectivity index (χ2v) is 5.84. The van der Waals surface area contributed by atoms with Gasteiger partial charge in [0, 0.05) is 11.8 Å². The molecule has 1 saturated heterocycles. The van der Waals surface area contributed by atoms with Crippen LogP contribution >= 0.6 is 0 Å². The molecule has 0 radical (unpaired) electrons. The van der Waals surface area contributed by atoms with Gasteiger partial charge >= 0.3 is 6.18 Å². The summed E-state index contributed by atoms with van der Waals surface area (Å²) < 4.78 is 48.7. The van der Waals surface area contributed by atoms with Gasteiger partial charge in [0.1, 0.15) is 6.04 Å². The van der Waals surface area contributed by atoms with Crippen LogP contribution in [-0.4, -0.2) is 18.7 Å². The van der Waals surface area contributed by atoms with Crippen LogP contribution < -0.4 is 20.1 Å². The van der Waals surface area contributed by atoms with Crippen molar-refractivity contribution >= 4 is 11.6 Å². The molecule has 2 atom stereocenters. The van der Waals surface area contributed by atoms with E-state index < -0.39 is 23.8 Å². The molecule has 8 heteroatoms. The predicted molar refractivity (Wildman–Crippen MR) is 82.2 cm³/mol. The molecule has 2 aliphatic heterocycles. The molecule has 0 aliphatic carbocycles. The summed E-state index contributed by atoms with van der Waals surface area (Å²) in [5.74, 6) is 0.785. The molecule has 2 aliphatic rings. The van der Waals surface area contributed by atoms with Gasteiger partial charge in [-0.3, -0.25) is 4.79 Å². The summed E-state index contributed by atoms with van der Waals surface area (Å²) in [7, 11) is 0. The average molecular weight is 350 g/mol. The highest BCUT2D eigenvalue weighted by atomic mass is 19.4. The van der Waals surface area contributed by atoms with Crippen molar-refractivity contribution in [1.82, 2.24) is 0 Å². The number of alkyl halides is 3. The molecule has 2 unspecified atom stereocenters. The molecule has 25 heavy (non-hydrogen) atoms. The van der Waals surface area contributed by atoms with Crippen molar-refractivity contribution in [3.05, 3.63) is 53.6 Å². The first-order valence-corrected chi connectivity index (χ1v) is 7.52. The number of amides is 1. The fourth-order valence-corrected chi connectivity index (χ4v) is 3.06. The summed E-state index contributed by atoms with van der Waals surface area (Å²) in [6.07, 6.45) is -4.41. The highest BCUT2D eigenvalue weighted by Gasteiger charge is 2.47. The second kappa shape index (κ2) is 5.38. The zero-order chi connectivity index (χ0) is 17.8. The zero-order valence-electron chi connectivity index (χ0n) is 12.8. The van der Waals surface area contributed by atoms with E-state index in [9.17, 15) is 18.0 Å². The second-order valence-electron chi connectivity index (χ2n) is 5.84. The number of β-lactam (4-membered cyclic amide) rings is 1. The Kier molecular flexibility index (Phi) is 3.40. The van der Waals surface area contributed by atoms with Gasteiger partial charge in [0.15, 0.2) is 11.5 Å². The summed E-state index contributed by atoms with van der Waals surface area (Å²) in [4.78, 5) is 13.7.